The van der Waals surface area contributed by atoms with Gasteiger partial charge >= 0.3 is 0 Å². The molecule has 2 aromatic rings. The fourth-order valence-corrected chi connectivity index (χ4v) is 2.39. The van der Waals surface area contributed by atoms with E-state index < -0.39 is 6.10 Å². The van der Waals surface area contributed by atoms with Gasteiger partial charge in [-0.2, -0.15) is 0 Å². The average Bonchev–Trinajstić information content (AvgIpc) is 2.85. The van der Waals surface area contributed by atoms with Crippen LogP contribution in [0.25, 0.3) is 0 Å². The number of aryl methyl sites for hydroxylation is 1. The summed E-state index contributed by atoms with van der Waals surface area (Å²) in [5.41, 5.74) is 5.35. The van der Waals surface area contributed by atoms with Gasteiger partial charge in [-0.05, 0) is 25.0 Å². The van der Waals surface area contributed by atoms with Gasteiger partial charge in [0, 0.05) is 10.9 Å². The molecule has 1 aromatic heterocycles. The molecule has 0 fully saturated rings. The number of aliphatic hydroxyl groups is 1. The zero-order valence-electron chi connectivity index (χ0n) is 10.1. The van der Waals surface area contributed by atoms with Crippen LogP contribution in [-0.2, 0) is 0 Å². The topological polar surface area (TPSA) is 42.4 Å². The van der Waals surface area contributed by atoms with Gasteiger partial charge in [-0.25, -0.2) is 4.98 Å². The highest BCUT2D eigenvalue weighted by Gasteiger charge is 2.19. The van der Waals surface area contributed by atoms with E-state index in [4.69, 9.17) is 4.74 Å². The predicted octanol–water partition coefficient (Wildman–Crippen LogP) is 2.85. The third kappa shape index (κ3) is 2.18. The molecule has 0 saturated heterocycles. The van der Waals surface area contributed by atoms with E-state index in [0.29, 0.717) is 5.69 Å². The van der Waals surface area contributed by atoms with Crippen molar-refractivity contribution in [3.05, 3.63) is 45.4 Å². The summed E-state index contributed by atoms with van der Waals surface area (Å²) < 4.78 is 5.39. The van der Waals surface area contributed by atoms with E-state index >= 15 is 0 Å². The van der Waals surface area contributed by atoms with Crippen LogP contribution in [0.2, 0.25) is 0 Å². The molecule has 0 aliphatic heterocycles. The molecular formula is C13H15NO2S. The molecule has 0 aliphatic carbocycles. The summed E-state index contributed by atoms with van der Waals surface area (Å²) in [6.07, 6.45) is -0.726. The largest absolute Gasteiger partial charge is 0.496 e. The molecule has 4 heteroatoms. The summed E-state index contributed by atoms with van der Waals surface area (Å²) in [5, 5.41) is 12.1. The Labute approximate surface area is 105 Å². The normalized spacial score (nSPS) is 12.5. The molecule has 17 heavy (non-hydrogen) atoms. The van der Waals surface area contributed by atoms with E-state index in [-0.39, 0.29) is 0 Å². The fraction of sp³-hybridized carbons (Fsp3) is 0.308. The van der Waals surface area contributed by atoms with Gasteiger partial charge in [-0.15, -0.1) is 11.3 Å². The van der Waals surface area contributed by atoms with Crippen LogP contribution in [0.4, 0.5) is 0 Å². The second-order valence-electron chi connectivity index (χ2n) is 3.95. The number of ether oxygens (including phenoxy) is 1. The van der Waals surface area contributed by atoms with Crippen molar-refractivity contribution in [3.63, 3.8) is 0 Å². The first kappa shape index (κ1) is 12.1. The van der Waals surface area contributed by atoms with Crippen LogP contribution in [0.5, 0.6) is 5.75 Å². The monoisotopic (exact) mass is 249 g/mol. The van der Waals surface area contributed by atoms with Gasteiger partial charge in [-0.3, -0.25) is 0 Å². The van der Waals surface area contributed by atoms with Gasteiger partial charge in [0.1, 0.15) is 11.9 Å². The molecule has 0 amide bonds. The maximum Gasteiger partial charge on any atom is 0.128 e. The lowest BCUT2D eigenvalue weighted by Gasteiger charge is -2.16. The second kappa shape index (κ2) is 4.85. The van der Waals surface area contributed by atoms with E-state index in [1.165, 1.54) is 11.3 Å². The standard InChI is InChI=1S/C13H15NO2S/c1-8-4-5-10(13(16-3)9(8)2)12(15)11-6-17-7-14-11/h4-7,12,15H,1-3H3. The summed E-state index contributed by atoms with van der Waals surface area (Å²) in [4.78, 5) is 4.13. The van der Waals surface area contributed by atoms with Crippen molar-refractivity contribution in [2.24, 2.45) is 0 Å². The van der Waals surface area contributed by atoms with Gasteiger partial charge in [0.15, 0.2) is 0 Å². The number of thiazole rings is 1. The SMILES string of the molecule is COc1c(C(O)c2cscn2)ccc(C)c1C. The third-order valence-electron chi connectivity index (χ3n) is 2.94. The van der Waals surface area contributed by atoms with Crippen molar-refractivity contribution >= 4 is 11.3 Å². The van der Waals surface area contributed by atoms with Crippen LogP contribution in [0.3, 0.4) is 0 Å². The Bertz CT molecular complexity index is 508. The molecule has 0 aliphatic rings. The minimum absolute atomic E-state index is 0.663. The number of hydrogen-bond acceptors (Lipinski definition) is 4. The molecule has 0 saturated carbocycles. The zero-order valence-corrected chi connectivity index (χ0v) is 10.9. The van der Waals surface area contributed by atoms with Crippen LogP contribution in [0.15, 0.2) is 23.0 Å². The number of aromatic nitrogens is 1. The van der Waals surface area contributed by atoms with Crippen molar-refractivity contribution in [2.75, 3.05) is 7.11 Å². The van der Waals surface area contributed by atoms with Crippen LogP contribution in [-0.4, -0.2) is 17.2 Å². The summed E-state index contributed by atoms with van der Waals surface area (Å²) in [7, 11) is 1.62. The van der Waals surface area contributed by atoms with E-state index in [1.807, 2.05) is 31.4 Å². The Morgan fingerprint density at radius 3 is 2.71 bits per heavy atom. The number of aliphatic hydroxyl groups excluding tert-OH is 1. The minimum atomic E-state index is -0.726. The molecule has 1 atom stereocenters. The lowest BCUT2D eigenvalue weighted by atomic mass is 9.99. The highest BCUT2D eigenvalue weighted by Crippen LogP contribution is 2.33. The number of methoxy groups -OCH3 is 1. The summed E-state index contributed by atoms with van der Waals surface area (Å²) >= 11 is 1.47. The number of rotatable bonds is 3. The van der Waals surface area contributed by atoms with Gasteiger partial charge in [-0.1, -0.05) is 12.1 Å². The molecule has 1 heterocycles. The van der Waals surface area contributed by atoms with Crippen LogP contribution in [0.1, 0.15) is 28.5 Å². The lowest BCUT2D eigenvalue weighted by Crippen LogP contribution is -2.04. The molecule has 1 N–H and O–H groups in total. The van der Waals surface area contributed by atoms with Crippen molar-refractivity contribution in [3.8, 4) is 5.75 Å². The van der Waals surface area contributed by atoms with E-state index in [9.17, 15) is 5.11 Å². The highest BCUT2D eigenvalue weighted by molar-refractivity contribution is 7.07. The summed E-state index contributed by atoms with van der Waals surface area (Å²) in [6.45, 7) is 4.02. The van der Waals surface area contributed by atoms with E-state index in [1.54, 1.807) is 12.6 Å². The number of benzene rings is 1. The first-order valence-corrected chi connectivity index (χ1v) is 6.29. The highest BCUT2D eigenvalue weighted by atomic mass is 32.1. The second-order valence-corrected chi connectivity index (χ2v) is 4.66. The molecule has 0 radical (unpaired) electrons. The Morgan fingerprint density at radius 1 is 1.35 bits per heavy atom. The van der Waals surface area contributed by atoms with Crippen molar-refractivity contribution in [2.45, 2.75) is 20.0 Å². The quantitative estimate of drug-likeness (QED) is 0.909. The van der Waals surface area contributed by atoms with E-state index in [2.05, 4.69) is 4.98 Å². The number of nitrogens with zero attached hydrogens (tertiary/aromatic N) is 1. The summed E-state index contributed by atoms with van der Waals surface area (Å²) in [6, 6.07) is 3.88. The molecule has 0 bridgehead atoms. The molecule has 1 aromatic carbocycles. The van der Waals surface area contributed by atoms with Crippen molar-refractivity contribution < 1.29 is 9.84 Å². The Hall–Kier alpha value is -1.39. The van der Waals surface area contributed by atoms with Gasteiger partial charge in [0.05, 0.1) is 18.3 Å². The molecule has 2 rings (SSSR count). The van der Waals surface area contributed by atoms with Crippen LogP contribution < -0.4 is 4.74 Å². The summed E-state index contributed by atoms with van der Waals surface area (Å²) in [5.74, 6) is 0.741. The predicted molar refractivity (Wildman–Crippen MR) is 68.6 cm³/mol. The van der Waals surface area contributed by atoms with Crippen LogP contribution >= 0.6 is 11.3 Å². The van der Waals surface area contributed by atoms with Crippen molar-refractivity contribution in [1.82, 2.24) is 4.98 Å². The smallest absolute Gasteiger partial charge is 0.128 e. The molecular weight excluding hydrogens is 234 g/mol. The molecule has 0 spiro atoms. The van der Waals surface area contributed by atoms with E-state index in [0.717, 1.165) is 22.4 Å². The maximum atomic E-state index is 10.3. The van der Waals surface area contributed by atoms with Gasteiger partial charge < -0.3 is 9.84 Å². The van der Waals surface area contributed by atoms with Gasteiger partial charge in [0.25, 0.3) is 0 Å². The first-order valence-electron chi connectivity index (χ1n) is 5.35. The maximum absolute atomic E-state index is 10.3. The fourth-order valence-electron chi connectivity index (χ4n) is 1.81. The zero-order chi connectivity index (χ0) is 12.4. The Morgan fingerprint density at radius 2 is 2.12 bits per heavy atom. The minimum Gasteiger partial charge on any atom is -0.496 e. The molecule has 3 nitrogen and oxygen atoms in total. The molecule has 1 unspecified atom stereocenters. The first-order chi connectivity index (χ1) is 8.15. The molecule has 90 valence electrons. The third-order valence-corrected chi connectivity index (χ3v) is 3.54. The Balaban J connectivity index is 2.49. The Kier molecular flexibility index (Phi) is 3.45. The lowest BCUT2D eigenvalue weighted by molar-refractivity contribution is 0.210. The average molecular weight is 249 g/mol. The van der Waals surface area contributed by atoms with Gasteiger partial charge in [0.2, 0.25) is 0 Å². The number of hydrogen-bond donors (Lipinski definition) is 1. The van der Waals surface area contributed by atoms with Crippen molar-refractivity contribution in [1.29, 1.82) is 0 Å². The van der Waals surface area contributed by atoms with Crippen LogP contribution in [0, 0.1) is 13.8 Å².